The third-order valence-electron chi connectivity index (χ3n) is 3.34. The number of rotatable bonds is 1. The van der Waals surface area contributed by atoms with E-state index in [-0.39, 0.29) is 5.60 Å². The van der Waals surface area contributed by atoms with Gasteiger partial charge in [-0.3, -0.25) is 0 Å². The zero-order valence-electron chi connectivity index (χ0n) is 9.15. The Kier molecular flexibility index (Phi) is 3.20. The first-order valence-corrected chi connectivity index (χ1v) is 7.69. The molecule has 0 aliphatic carbocycles. The third-order valence-corrected chi connectivity index (χ3v) is 5.42. The lowest BCUT2D eigenvalue weighted by Crippen LogP contribution is -2.54. The molecule has 0 saturated carbocycles. The molecule has 3 nitrogen and oxygen atoms in total. The molecule has 1 spiro atoms. The first-order chi connectivity index (χ1) is 7.91. The molecule has 5 heteroatoms. The van der Waals surface area contributed by atoms with Gasteiger partial charge in [-0.15, -0.1) is 0 Å². The summed E-state index contributed by atoms with van der Waals surface area (Å²) in [4.78, 5) is 1.32. The molecule has 2 aliphatic rings. The van der Waals surface area contributed by atoms with Gasteiger partial charge in [0.05, 0.1) is 18.2 Å². The summed E-state index contributed by atoms with van der Waals surface area (Å²) in [5.74, 6) is 2.39. The lowest BCUT2D eigenvalue weighted by molar-refractivity contribution is -0.0879. The van der Waals surface area contributed by atoms with E-state index in [1.165, 1.54) is 23.5 Å². The van der Waals surface area contributed by atoms with Crippen LogP contribution >= 0.6 is 23.3 Å². The van der Waals surface area contributed by atoms with Crippen LogP contribution in [-0.2, 0) is 4.74 Å². The minimum Gasteiger partial charge on any atom is -0.371 e. The monoisotopic (exact) mass is 256 g/mol. The fourth-order valence-electron chi connectivity index (χ4n) is 2.59. The van der Waals surface area contributed by atoms with Crippen LogP contribution < -0.4 is 5.32 Å². The summed E-state index contributed by atoms with van der Waals surface area (Å²) in [5, 5.41) is 3.61. The van der Waals surface area contributed by atoms with Crippen LogP contribution in [0.5, 0.6) is 0 Å². The number of hydrogen-bond donors (Lipinski definition) is 1. The van der Waals surface area contributed by atoms with Crippen LogP contribution in [0.4, 0.5) is 0 Å². The second-order valence-corrected chi connectivity index (χ2v) is 6.34. The highest BCUT2D eigenvalue weighted by Crippen LogP contribution is 2.42. The standard InChI is InChI=1S/C11H16N2OS2/c1-3-11(8-15-7-1)10(12-5-6-14-11)9-2-4-13-16-9/h2,4,10,12H,1,3,5-8H2. The van der Waals surface area contributed by atoms with E-state index >= 15 is 0 Å². The van der Waals surface area contributed by atoms with Gasteiger partial charge >= 0.3 is 0 Å². The molecule has 0 bridgehead atoms. The molecule has 0 amide bonds. The maximum absolute atomic E-state index is 6.14. The smallest absolute Gasteiger partial charge is 0.0975 e. The van der Waals surface area contributed by atoms with E-state index < -0.39 is 0 Å². The number of nitrogens with zero attached hydrogens (tertiary/aromatic N) is 1. The molecular formula is C11H16N2OS2. The van der Waals surface area contributed by atoms with Crippen molar-refractivity contribution >= 4 is 23.3 Å². The Bertz CT molecular complexity index is 327. The maximum atomic E-state index is 6.14. The molecule has 1 aromatic rings. The van der Waals surface area contributed by atoms with Crippen molar-refractivity contribution in [3.8, 4) is 0 Å². The van der Waals surface area contributed by atoms with Crippen molar-refractivity contribution in [3.05, 3.63) is 17.1 Å². The van der Waals surface area contributed by atoms with Gasteiger partial charge in [-0.05, 0) is 36.2 Å². The average Bonchev–Trinajstić information content (AvgIpc) is 2.84. The maximum Gasteiger partial charge on any atom is 0.0975 e. The van der Waals surface area contributed by atoms with E-state index in [4.69, 9.17) is 4.74 Å². The van der Waals surface area contributed by atoms with E-state index in [9.17, 15) is 0 Å². The van der Waals surface area contributed by atoms with E-state index in [1.807, 2.05) is 18.0 Å². The van der Waals surface area contributed by atoms with Gasteiger partial charge in [0.15, 0.2) is 0 Å². The van der Waals surface area contributed by atoms with Crippen LogP contribution in [0.15, 0.2) is 12.3 Å². The highest BCUT2D eigenvalue weighted by molar-refractivity contribution is 7.99. The summed E-state index contributed by atoms with van der Waals surface area (Å²) < 4.78 is 10.4. The van der Waals surface area contributed by atoms with Gasteiger partial charge in [0.25, 0.3) is 0 Å². The van der Waals surface area contributed by atoms with Gasteiger partial charge < -0.3 is 10.1 Å². The van der Waals surface area contributed by atoms with Crippen LogP contribution in [0.3, 0.4) is 0 Å². The quantitative estimate of drug-likeness (QED) is 0.834. The number of thioether (sulfide) groups is 1. The van der Waals surface area contributed by atoms with Crippen molar-refractivity contribution in [1.82, 2.24) is 9.69 Å². The van der Waals surface area contributed by atoms with E-state index in [0.717, 1.165) is 18.9 Å². The van der Waals surface area contributed by atoms with Crippen molar-refractivity contribution < 1.29 is 4.74 Å². The minimum atomic E-state index is 0.0215. The average molecular weight is 256 g/mol. The van der Waals surface area contributed by atoms with E-state index in [1.54, 1.807) is 11.5 Å². The Morgan fingerprint density at radius 2 is 2.56 bits per heavy atom. The van der Waals surface area contributed by atoms with Crippen LogP contribution in [0.25, 0.3) is 0 Å². The lowest BCUT2D eigenvalue weighted by Gasteiger charge is -2.46. The molecule has 0 radical (unpaired) electrons. The molecular weight excluding hydrogens is 240 g/mol. The molecule has 2 saturated heterocycles. The van der Waals surface area contributed by atoms with Crippen molar-refractivity contribution in [2.24, 2.45) is 0 Å². The van der Waals surface area contributed by atoms with E-state index in [0.29, 0.717) is 6.04 Å². The SMILES string of the molecule is c1cc(C2NCCOC23CCCSC3)sn1. The Morgan fingerprint density at radius 1 is 1.56 bits per heavy atom. The Balaban J connectivity index is 1.88. The molecule has 1 N–H and O–H groups in total. The van der Waals surface area contributed by atoms with Crippen molar-refractivity contribution in [3.63, 3.8) is 0 Å². The second-order valence-electron chi connectivity index (χ2n) is 4.37. The van der Waals surface area contributed by atoms with Crippen molar-refractivity contribution in [1.29, 1.82) is 0 Å². The van der Waals surface area contributed by atoms with Crippen LogP contribution in [0.2, 0.25) is 0 Å². The molecule has 2 atom stereocenters. The summed E-state index contributed by atoms with van der Waals surface area (Å²) in [6.07, 6.45) is 4.33. The summed E-state index contributed by atoms with van der Waals surface area (Å²) in [6, 6.07) is 2.47. The van der Waals surface area contributed by atoms with Crippen LogP contribution in [0.1, 0.15) is 23.8 Å². The number of nitrogens with one attached hydrogen (secondary N) is 1. The Hall–Kier alpha value is -0.100. The highest BCUT2D eigenvalue weighted by atomic mass is 32.2. The van der Waals surface area contributed by atoms with Gasteiger partial charge in [0.1, 0.15) is 0 Å². The Labute approximate surface area is 104 Å². The van der Waals surface area contributed by atoms with Crippen LogP contribution in [-0.4, -0.2) is 34.6 Å². The largest absolute Gasteiger partial charge is 0.371 e. The zero-order valence-corrected chi connectivity index (χ0v) is 10.8. The fraction of sp³-hybridized carbons (Fsp3) is 0.727. The molecule has 16 heavy (non-hydrogen) atoms. The summed E-state index contributed by atoms with van der Waals surface area (Å²) >= 11 is 3.62. The summed E-state index contributed by atoms with van der Waals surface area (Å²) in [5.41, 5.74) is 0.0215. The first-order valence-electron chi connectivity index (χ1n) is 5.76. The van der Waals surface area contributed by atoms with Crippen molar-refractivity contribution in [2.75, 3.05) is 24.7 Å². The number of ether oxygens (including phenoxy) is 1. The first kappa shape index (κ1) is 11.0. The lowest BCUT2D eigenvalue weighted by atomic mass is 9.88. The predicted molar refractivity (Wildman–Crippen MR) is 68.1 cm³/mol. The number of aromatic nitrogens is 1. The van der Waals surface area contributed by atoms with Gasteiger partial charge in [-0.1, -0.05) is 0 Å². The molecule has 88 valence electrons. The number of hydrogen-bond acceptors (Lipinski definition) is 5. The summed E-state index contributed by atoms with van der Waals surface area (Å²) in [7, 11) is 0. The zero-order chi connectivity index (χ0) is 10.8. The normalized spacial score (nSPS) is 35.4. The van der Waals surface area contributed by atoms with Crippen LogP contribution in [0, 0.1) is 0 Å². The van der Waals surface area contributed by atoms with Gasteiger partial charge in [-0.2, -0.15) is 11.8 Å². The van der Waals surface area contributed by atoms with Gasteiger partial charge in [0.2, 0.25) is 0 Å². The van der Waals surface area contributed by atoms with E-state index in [2.05, 4.69) is 15.8 Å². The highest BCUT2D eigenvalue weighted by Gasteiger charge is 2.44. The fourth-order valence-corrected chi connectivity index (χ4v) is 4.59. The minimum absolute atomic E-state index is 0.0215. The Morgan fingerprint density at radius 3 is 3.31 bits per heavy atom. The summed E-state index contributed by atoms with van der Waals surface area (Å²) in [6.45, 7) is 1.80. The molecule has 3 heterocycles. The molecule has 0 aromatic carbocycles. The number of morpholine rings is 1. The second kappa shape index (κ2) is 4.64. The topological polar surface area (TPSA) is 34.1 Å². The molecule has 2 fully saturated rings. The van der Waals surface area contributed by atoms with Gasteiger partial charge in [0, 0.05) is 23.4 Å². The molecule has 3 rings (SSSR count). The molecule has 1 aromatic heterocycles. The molecule has 2 aliphatic heterocycles. The third kappa shape index (κ3) is 1.90. The van der Waals surface area contributed by atoms with Crippen molar-refractivity contribution in [2.45, 2.75) is 24.5 Å². The molecule has 2 unspecified atom stereocenters. The van der Waals surface area contributed by atoms with Gasteiger partial charge in [-0.25, -0.2) is 4.37 Å². The predicted octanol–water partition coefficient (Wildman–Crippen LogP) is 2.07.